The minimum Gasteiger partial charge on any atom is -0.481 e. The number of aliphatic carboxylic acids is 1. The zero-order valence-electron chi connectivity index (χ0n) is 8.56. The highest BCUT2D eigenvalue weighted by Gasteiger charge is 2.17. The molecule has 1 heterocycles. The highest BCUT2D eigenvalue weighted by atomic mass is 16.4. The molecule has 0 bridgehead atoms. The Kier molecular flexibility index (Phi) is 2.72. The number of benzene rings is 1. The van der Waals surface area contributed by atoms with E-state index in [4.69, 9.17) is 5.11 Å². The maximum atomic E-state index is 11.3. The maximum absolute atomic E-state index is 11.3. The minimum absolute atomic E-state index is 0.00820. The SMILES string of the molecule is O=C(O)CC=Cc1ccc2c(c1)CNC2=O. The predicted molar refractivity (Wildman–Crippen MR) is 58.9 cm³/mol. The molecule has 0 saturated carbocycles. The third kappa shape index (κ3) is 2.11. The summed E-state index contributed by atoms with van der Waals surface area (Å²) in [5, 5.41) is 11.2. The first-order valence-electron chi connectivity index (χ1n) is 4.96. The van der Waals surface area contributed by atoms with Crippen LogP contribution in [0.25, 0.3) is 6.08 Å². The second kappa shape index (κ2) is 4.18. The lowest BCUT2D eigenvalue weighted by molar-refractivity contribution is -0.135. The molecule has 2 N–H and O–H groups in total. The topological polar surface area (TPSA) is 66.4 Å². The first-order chi connectivity index (χ1) is 7.66. The third-order valence-electron chi connectivity index (χ3n) is 2.42. The number of fused-ring (bicyclic) bond motifs is 1. The van der Waals surface area contributed by atoms with Gasteiger partial charge in [-0.2, -0.15) is 0 Å². The molecule has 1 aromatic rings. The zero-order chi connectivity index (χ0) is 11.5. The minimum atomic E-state index is -0.853. The lowest BCUT2D eigenvalue weighted by Crippen LogP contribution is -2.12. The van der Waals surface area contributed by atoms with Gasteiger partial charge in [-0.15, -0.1) is 0 Å². The fourth-order valence-electron chi connectivity index (χ4n) is 1.65. The van der Waals surface area contributed by atoms with E-state index in [0.29, 0.717) is 12.1 Å². The molecule has 0 aliphatic carbocycles. The standard InChI is InChI=1S/C12H11NO3/c14-11(15)3-1-2-8-4-5-10-9(6-8)7-13-12(10)16/h1-2,4-6H,3,7H2,(H,13,16)(H,14,15). The highest BCUT2D eigenvalue weighted by Crippen LogP contribution is 2.17. The van der Waals surface area contributed by atoms with Crippen molar-refractivity contribution in [3.05, 3.63) is 41.0 Å². The largest absolute Gasteiger partial charge is 0.481 e. The van der Waals surface area contributed by atoms with Crippen LogP contribution in [-0.4, -0.2) is 17.0 Å². The van der Waals surface area contributed by atoms with Gasteiger partial charge in [0.15, 0.2) is 0 Å². The molecule has 0 unspecified atom stereocenters. The van der Waals surface area contributed by atoms with Gasteiger partial charge < -0.3 is 10.4 Å². The van der Waals surface area contributed by atoms with Crippen molar-refractivity contribution in [3.63, 3.8) is 0 Å². The second-order valence-electron chi connectivity index (χ2n) is 3.60. The van der Waals surface area contributed by atoms with Gasteiger partial charge in [-0.05, 0) is 23.3 Å². The van der Waals surface area contributed by atoms with Crippen LogP contribution in [0.5, 0.6) is 0 Å². The Morgan fingerprint density at radius 1 is 1.50 bits per heavy atom. The molecule has 0 aromatic heterocycles. The van der Waals surface area contributed by atoms with Gasteiger partial charge in [-0.25, -0.2) is 0 Å². The number of nitrogens with one attached hydrogen (secondary N) is 1. The fraction of sp³-hybridized carbons (Fsp3) is 0.167. The highest BCUT2D eigenvalue weighted by molar-refractivity contribution is 5.98. The van der Waals surface area contributed by atoms with E-state index < -0.39 is 5.97 Å². The van der Waals surface area contributed by atoms with E-state index in [1.807, 2.05) is 12.1 Å². The number of carboxylic acids is 1. The van der Waals surface area contributed by atoms with E-state index in [9.17, 15) is 9.59 Å². The van der Waals surface area contributed by atoms with Crippen molar-refractivity contribution in [2.24, 2.45) is 0 Å². The lowest BCUT2D eigenvalue weighted by atomic mass is 10.1. The summed E-state index contributed by atoms with van der Waals surface area (Å²) in [6, 6.07) is 5.46. The normalized spacial score (nSPS) is 13.9. The molecule has 1 amide bonds. The van der Waals surface area contributed by atoms with Crippen molar-refractivity contribution in [2.75, 3.05) is 0 Å². The fourth-order valence-corrected chi connectivity index (χ4v) is 1.65. The summed E-state index contributed by atoms with van der Waals surface area (Å²) in [5.74, 6) is -0.898. The average molecular weight is 217 g/mol. The van der Waals surface area contributed by atoms with Gasteiger partial charge in [-0.1, -0.05) is 18.2 Å². The van der Waals surface area contributed by atoms with Crippen LogP contribution in [0.3, 0.4) is 0 Å². The average Bonchev–Trinajstić information content (AvgIpc) is 2.60. The first kappa shape index (κ1) is 10.4. The quantitative estimate of drug-likeness (QED) is 0.804. The van der Waals surface area contributed by atoms with Crippen molar-refractivity contribution in [1.82, 2.24) is 5.32 Å². The Labute approximate surface area is 92.6 Å². The van der Waals surface area contributed by atoms with E-state index in [-0.39, 0.29) is 12.3 Å². The molecule has 2 rings (SSSR count). The van der Waals surface area contributed by atoms with E-state index in [0.717, 1.165) is 11.1 Å². The molecular weight excluding hydrogens is 206 g/mol. The van der Waals surface area contributed by atoms with Gasteiger partial charge in [0.25, 0.3) is 5.91 Å². The monoisotopic (exact) mass is 217 g/mol. The number of carboxylic acid groups (broad SMARTS) is 1. The number of hydrogen-bond acceptors (Lipinski definition) is 2. The summed E-state index contributed by atoms with van der Waals surface area (Å²) >= 11 is 0. The van der Waals surface area contributed by atoms with Crippen molar-refractivity contribution in [2.45, 2.75) is 13.0 Å². The van der Waals surface area contributed by atoms with E-state index in [1.165, 1.54) is 0 Å². The summed E-state index contributed by atoms with van der Waals surface area (Å²) in [5.41, 5.74) is 2.58. The Hall–Kier alpha value is -2.10. The van der Waals surface area contributed by atoms with Gasteiger partial charge in [0, 0.05) is 12.1 Å². The van der Waals surface area contributed by atoms with E-state index in [1.54, 1.807) is 18.2 Å². The summed E-state index contributed by atoms with van der Waals surface area (Å²) in [6.07, 6.45) is 3.35. The van der Waals surface area contributed by atoms with Crippen LogP contribution in [0, 0.1) is 0 Å². The molecule has 16 heavy (non-hydrogen) atoms. The molecule has 0 saturated heterocycles. The van der Waals surface area contributed by atoms with Crippen LogP contribution in [0.4, 0.5) is 0 Å². The molecule has 0 fully saturated rings. The zero-order valence-corrected chi connectivity index (χ0v) is 8.56. The molecule has 1 aromatic carbocycles. The van der Waals surface area contributed by atoms with Crippen LogP contribution in [0.2, 0.25) is 0 Å². The Balaban J connectivity index is 2.16. The molecule has 1 aliphatic rings. The third-order valence-corrected chi connectivity index (χ3v) is 2.42. The molecule has 1 aliphatic heterocycles. The van der Waals surface area contributed by atoms with E-state index >= 15 is 0 Å². The van der Waals surface area contributed by atoms with Gasteiger partial charge in [0.05, 0.1) is 6.42 Å². The Morgan fingerprint density at radius 2 is 2.31 bits per heavy atom. The molecule has 0 radical (unpaired) electrons. The number of hydrogen-bond donors (Lipinski definition) is 2. The number of rotatable bonds is 3. The van der Waals surface area contributed by atoms with E-state index in [2.05, 4.69) is 5.32 Å². The molecule has 0 spiro atoms. The van der Waals surface area contributed by atoms with Crippen LogP contribution in [0.1, 0.15) is 27.9 Å². The molecular formula is C12H11NO3. The van der Waals surface area contributed by atoms with Gasteiger partial charge in [0.1, 0.15) is 0 Å². The van der Waals surface area contributed by atoms with Gasteiger partial charge in [-0.3, -0.25) is 9.59 Å². The summed E-state index contributed by atoms with van der Waals surface area (Å²) in [6.45, 7) is 0.550. The van der Waals surface area contributed by atoms with Crippen LogP contribution >= 0.6 is 0 Å². The van der Waals surface area contributed by atoms with Gasteiger partial charge >= 0.3 is 5.97 Å². The van der Waals surface area contributed by atoms with Crippen LogP contribution in [-0.2, 0) is 11.3 Å². The lowest BCUT2D eigenvalue weighted by Gasteiger charge is -1.97. The molecule has 82 valence electrons. The van der Waals surface area contributed by atoms with Crippen molar-refractivity contribution in [1.29, 1.82) is 0 Å². The van der Waals surface area contributed by atoms with Crippen molar-refractivity contribution < 1.29 is 14.7 Å². The van der Waals surface area contributed by atoms with Crippen molar-refractivity contribution in [3.8, 4) is 0 Å². The Morgan fingerprint density at radius 3 is 3.06 bits per heavy atom. The summed E-state index contributed by atoms with van der Waals surface area (Å²) in [4.78, 5) is 21.6. The van der Waals surface area contributed by atoms with Crippen molar-refractivity contribution >= 4 is 18.0 Å². The second-order valence-corrected chi connectivity index (χ2v) is 3.60. The molecule has 4 nitrogen and oxygen atoms in total. The maximum Gasteiger partial charge on any atom is 0.307 e. The van der Waals surface area contributed by atoms with Crippen LogP contribution in [0.15, 0.2) is 24.3 Å². The summed E-state index contributed by atoms with van der Waals surface area (Å²) in [7, 11) is 0. The smallest absolute Gasteiger partial charge is 0.307 e. The number of amides is 1. The summed E-state index contributed by atoms with van der Waals surface area (Å²) < 4.78 is 0. The first-order valence-corrected chi connectivity index (χ1v) is 4.96. The predicted octanol–water partition coefficient (Wildman–Crippen LogP) is 1.42. The van der Waals surface area contributed by atoms with Gasteiger partial charge in [0.2, 0.25) is 0 Å². The number of carbonyl (C=O) groups excluding carboxylic acids is 1. The Bertz CT molecular complexity index is 477. The molecule has 4 heteroatoms. The van der Waals surface area contributed by atoms with Crippen LogP contribution < -0.4 is 5.32 Å². The number of carbonyl (C=O) groups is 2. The molecule has 0 atom stereocenters.